The highest BCUT2D eigenvalue weighted by Crippen LogP contribution is 2.09. The van der Waals surface area contributed by atoms with E-state index in [1.165, 1.54) is 5.57 Å². The lowest BCUT2D eigenvalue weighted by molar-refractivity contribution is -0.0238. The molecule has 2 nitrogen and oxygen atoms in total. The van der Waals surface area contributed by atoms with Crippen LogP contribution < -0.4 is 0 Å². The van der Waals surface area contributed by atoms with Crippen molar-refractivity contribution in [2.75, 3.05) is 13.2 Å². The minimum Gasteiger partial charge on any atom is -0.387 e. The van der Waals surface area contributed by atoms with Crippen LogP contribution in [0.3, 0.4) is 0 Å². The average molecular weight is 184 g/mol. The SMILES string of the molecule is C=CCC(C)(O)COCC=C(C)C. The van der Waals surface area contributed by atoms with E-state index in [-0.39, 0.29) is 0 Å². The fourth-order valence-corrected chi connectivity index (χ4v) is 0.874. The Hall–Kier alpha value is -0.600. The van der Waals surface area contributed by atoms with Crippen molar-refractivity contribution >= 4 is 0 Å². The molecule has 0 radical (unpaired) electrons. The van der Waals surface area contributed by atoms with Crippen LogP contribution in [0.5, 0.6) is 0 Å². The summed E-state index contributed by atoms with van der Waals surface area (Å²) in [5.41, 5.74) is 0.445. The zero-order chi connectivity index (χ0) is 10.3. The first-order valence-corrected chi connectivity index (χ1v) is 4.52. The van der Waals surface area contributed by atoms with E-state index in [4.69, 9.17) is 4.74 Å². The summed E-state index contributed by atoms with van der Waals surface area (Å²) in [4.78, 5) is 0. The molecule has 0 aromatic carbocycles. The highest BCUT2D eigenvalue weighted by Gasteiger charge is 2.17. The van der Waals surface area contributed by atoms with E-state index >= 15 is 0 Å². The molecule has 0 saturated carbocycles. The molecular formula is C11H20O2. The molecule has 0 heterocycles. The summed E-state index contributed by atoms with van der Waals surface area (Å²) in [6.07, 6.45) is 4.25. The number of rotatable bonds is 6. The summed E-state index contributed by atoms with van der Waals surface area (Å²) >= 11 is 0. The van der Waals surface area contributed by atoms with Gasteiger partial charge in [0.05, 0.1) is 18.8 Å². The Kier molecular flexibility index (Phi) is 5.67. The van der Waals surface area contributed by atoms with Gasteiger partial charge in [0.1, 0.15) is 0 Å². The van der Waals surface area contributed by atoms with Crippen molar-refractivity contribution < 1.29 is 9.84 Å². The van der Waals surface area contributed by atoms with Crippen molar-refractivity contribution in [3.63, 3.8) is 0 Å². The molecule has 0 saturated heterocycles. The maximum Gasteiger partial charge on any atom is 0.0886 e. The summed E-state index contributed by atoms with van der Waals surface area (Å²) in [6.45, 7) is 10.3. The van der Waals surface area contributed by atoms with Crippen LogP contribution in [-0.4, -0.2) is 23.9 Å². The molecule has 1 atom stereocenters. The Morgan fingerprint density at radius 2 is 2.15 bits per heavy atom. The lowest BCUT2D eigenvalue weighted by Gasteiger charge is -2.20. The molecule has 0 rings (SSSR count). The highest BCUT2D eigenvalue weighted by molar-refractivity contribution is 4.93. The van der Waals surface area contributed by atoms with Gasteiger partial charge in [0.25, 0.3) is 0 Å². The Labute approximate surface area is 80.9 Å². The number of allylic oxidation sites excluding steroid dienone is 1. The summed E-state index contributed by atoms with van der Waals surface area (Å²) in [7, 11) is 0. The third kappa shape index (κ3) is 7.75. The van der Waals surface area contributed by atoms with Gasteiger partial charge in [-0.15, -0.1) is 6.58 Å². The van der Waals surface area contributed by atoms with Gasteiger partial charge in [0.15, 0.2) is 0 Å². The van der Waals surface area contributed by atoms with E-state index in [0.717, 1.165) is 0 Å². The molecule has 2 heteroatoms. The number of ether oxygens (including phenoxy) is 1. The van der Waals surface area contributed by atoms with Crippen molar-refractivity contribution in [1.29, 1.82) is 0 Å². The zero-order valence-corrected chi connectivity index (χ0v) is 8.84. The van der Waals surface area contributed by atoms with E-state index in [2.05, 4.69) is 6.58 Å². The van der Waals surface area contributed by atoms with Gasteiger partial charge in [-0.3, -0.25) is 0 Å². The summed E-state index contributed by atoms with van der Waals surface area (Å²) in [6, 6.07) is 0. The first-order chi connectivity index (χ1) is 5.98. The van der Waals surface area contributed by atoms with Gasteiger partial charge in [0, 0.05) is 0 Å². The van der Waals surface area contributed by atoms with Crippen LogP contribution in [0.4, 0.5) is 0 Å². The van der Waals surface area contributed by atoms with Gasteiger partial charge < -0.3 is 9.84 Å². The maximum absolute atomic E-state index is 9.66. The van der Waals surface area contributed by atoms with Crippen molar-refractivity contribution in [3.8, 4) is 0 Å². The van der Waals surface area contributed by atoms with Crippen LogP contribution in [0.2, 0.25) is 0 Å². The van der Waals surface area contributed by atoms with Crippen molar-refractivity contribution in [2.24, 2.45) is 0 Å². The van der Waals surface area contributed by atoms with Crippen LogP contribution in [0.1, 0.15) is 27.2 Å². The molecular weight excluding hydrogens is 164 g/mol. The van der Waals surface area contributed by atoms with E-state index in [1.54, 1.807) is 13.0 Å². The van der Waals surface area contributed by atoms with Crippen LogP contribution in [0.25, 0.3) is 0 Å². The minimum atomic E-state index is -0.781. The van der Waals surface area contributed by atoms with Crippen LogP contribution in [0.15, 0.2) is 24.3 Å². The van der Waals surface area contributed by atoms with Gasteiger partial charge >= 0.3 is 0 Å². The quantitative estimate of drug-likeness (QED) is 0.507. The number of aliphatic hydroxyl groups is 1. The molecule has 1 N–H and O–H groups in total. The van der Waals surface area contributed by atoms with Gasteiger partial charge in [-0.1, -0.05) is 17.7 Å². The van der Waals surface area contributed by atoms with Crippen LogP contribution in [-0.2, 0) is 4.74 Å². The smallest absolute Gasteiger partial charge is 0.0886 e. The Balaban J connectivity index is 3.63. The molecule has 0 amide bonds. The lowest BCUT2D eigenvalue weighted by atomic mass is 10.0. The topological polar surface area (TPSA) is 29.5 Å². The standard InChI is InChI=1S/C11H20O2/c1-5-7-11(4,12)9-13-8-6-10(2)3/h5-6,12H,1,7-9H2,2-4H3. The molecule has 13 heavy (non-hydrogen) atoms. The second kappa shape index (κ2) is 5.95. The summed E-state index contributed by atoms with van der Waals surface area (Å²) in [5.74, 6) is 0. The molecule has 0 aliphatic carbocycles. The second-order valence-corrected chi connectivity index (χ2v) is 3.79. The van der Waals surface area contributed by atoms with E-state index in [0.29, 0.717) is 19.6 Å². The van der Waals surface area contributed by atoms with E-state index < -0.39 is 5.60 Å². The van der Waals surface area contributed by atoms with Crippen molar-refractivity contribution in [1.82, 2.24) is 0 Å². The molecule has 0 aliphatic rings. The molecule has 76 valence electrons. The Morgan fingerprint density at radius 3 is 2.62 bits per heavy atom. The summed E-state index contributed by atoms with van der Waals surface area (Å²) in [5, 5.41) is 9.66. The fraction of sp³-hybridized carbons (Fsp3) is 0.636. The predicted octanol–water partition coefficient (Wildman–Crippen LogP) is 2.30. The third-order valence-corrected chi connectivity index (χ3v) is 1.61. The van der Waals surface area contributed by atoms with Crippen LogP contribution in [0, 0.1) is 0 Å². The monoisotopic (exact) mass is 184 g/mol. The van der Waals surface area contributed by atoms with Crippen LogP contribution >= 0.6 is 0 Å². The average Bonchev–Trinajstić information content (AvgIpc) is 1.98. The van der Waals surface area contributed by atoms with E-state index in [9.17, 15) is 5.11 Å². The van der Waals surface area contributed by atoms with Crippen molar-refractivity contribution in [3.05, 3.63) is 24.3 Å². The highest BCUT2D eigenvalue weighted by atomic mass is 16.5. The molecule has 1 unspecified atom stereocenters. The first-order valence-electron chi connectivity index (χ1n) is 4.52. The Bertz CT molecular complexity index is 177. The fourth-order valence-electron chi connectivity index (χ4n) is 0.874. The maximum atomic E-state index is 9.66. The normalized spacial score (nSPS) is 14.8. The molecule has 0 aromatic heterocycles. The second-order valence-electron chi connectivity index (χ2n) is 3.79. The van der Waals surface area contributed by atoms with Crippen molar-refractivity contribution in [2.45, 2.75) is 32.8 Å². The first kappa shape index (κ1) is 12.4. The lowest BCUT2D eigenvalue weighted by Crippen LogP contribution is -2.29. The Morgan fingerprint density at radius 1 is 1.54 bits per heavy atom. The van der Waals surface area contributed by atoms with Gasteiger partial charge in [-0.2, -0.15) is 0 Å². The largest absolute Gasteiger partial charge is 0.387 e. The number of hydrogen-bond acceptors (Lipinski definition) is 2. The predicted molar refractivity (Wildman–Crippen MR) is 55.7 cm³/mol. The number of hydrogen-bond donors (Lipinski definition) is 1. The third-order valence-electron chi connectivity index (χ3n) is 1.61. The molecule has 0 spiro atoms. The van der Waals surface area contributed by atoms with Gasteiger partial charge in [-0.25, -0.2) is 0 Å². The summed E-state index contributed by atoms with van der Waals surface area (Å²) < 4.78 is 5.29. The zero-order valence-electron chi connectivity index (χ0n) is 8.84. The molecule has 0 bridgehead atoms. The molecule has 0 fully saturated rings. The minimum absolute atomic E-state index is 0.350. The van der Waals surface area contributed by atoms with Gasteiger partial charge in [0.2, 0.25) is 0 Å². The molecule has 0 aromatic rings. The van der Waals surface area contributed by atoms with E-state index in [1.807, 2.05) is 19.9 Å². The van der Waals surface area contributed by atoms with Gasteiger partial charge in [-0.05, 0) is 27.2 Å². The molecule has 0 aliphatic heterocycles.